The van der Waals surface area contributed by atoms with Gasteiger partial charge >= 0.3 is 0 Å². The molecule has 2 heteroatoms. The quantitative estimate of drug-likeness (QED) is 0.505. The molecule has 1 fully saturated rings. The Labute approximate surface area is 183 Å². The summed E-state index contributed by atoms with van der Waals surface area (Å²) in [5.74, 6) is 1.86. The van der Waals surface area contributed by atoms with E-state index in [1.54, 1.807) is 0 Å². The van der Waals surface area contributed by atoms with E-state index in [1.165, 1.54) is 11.1 Å². The molecule has 0 bridgehead atoms. The van der Waals surface area contributed by atoms with Crippen LogP contribution in [0.25, 0.3) is 0 Å². The zero-order valence-electron chi connectivity index (χ0n) is 19.0. The summed E-state index contributed by atoms with van der Waals surface area (Å²) in [4.78, 5) is 0. The average molecular weight is 403 g/mol. The molecule has 0 saturated heterocycles. The van der Waals surface area contributed by atoms with Gasteiger partial charge in [-0.2, -0.15) is 0 Å². The molecule has 160 valence electrons. The third kappa shape index (κ3) is 4.77. The van der Waals surface area contributed by atoms with Crippen LogP contribution in [0.3, 0.4) is 0 Å². The minimum atomic E-state index is 0.265. The van der Waals surface area contributed by atoms with Crippen LogP contribution in [0.2, 0.25) is 0 Å². The van der Waals surface area contributed by atoms with Crippen molar-refractivity contribution in [3.05, 3.63) is 97.1 Å². The van der Waals surface area contributed by atoms with E-state index in [9.17, 15) is 0 Å². The highest BCUT2D eigenvalue weighted by Gasteiger charge is 2.45. The Balaban J connectivity index is 1.91. The molecule has 0 aliphatic heterocycles. The van der Waals surface area contributed by atoms with Crippen molar-refractivity contribution in [1.29, 1.82) is 0 Å². The molecular formula is C28H38N2. The second-order valence-corrected chi connectivity index (χ2v) is 8.99. The summed E-state index contributed by atoms with van der Waals surface area (Å²) in [6.07, 6.45) is 4.33. The summed E-state index contributed by atoms with van der Waals surface area (Å²) < 4.78 is 0. The summed E-state index contributed by atoms with van der Waals surface area (Å²) in [6, 6.07) is 22.5. The molecule has 0 unspecified atom stereocenters. The van der Waals surface area contributed by atoms with E-state index in [1.807, 2.05) is 0 Å². The molecular weight excluding hydrogens is 364 g/mol. The van der Waals surface area contributed by atoms with Gasteiger partial charge in [0.15, 0.2) is 0 Å². The highest BCUT2D eigenvalue weighted by molar-refractivity contribution is 5.22. The van der Waals surface area contributed by atoms with E-state index in [4.69, 9.17) is 0 Å². The van der Waals surface area contributed by atoms with Crippen LogP contribution in [0.1, 0.15) is 50.9 Å². The first-order valence-corrected chi connectivity index (χ1v) is 11.3. The normalized spacial score (nSPS) is 30.9. The zero-order valence-corrected chi connectivity index (χ0v) is 19.0. The number of hydrogen-bond acceptors (Lipinski definition) is 2. The third-order valence-electron chi connectivity index (χ3n) is 7.29. The van der Waals surface area contributed by atoms with Crippen LogP contribution in [0.5, 0.6) is 0 Å². The Morgan fingerprint density at radius 1 is 0.667 bits per heavy atom. The molecule has 2 nitrogen and oxygen atoms in total. The molecule has 2 N–H and O–H groups in total. The predicted octanol–water partition coefficient (Wildman–Crippen LogP) is 6.32. The average Bonchev–Trinajstić information content (AvgIpc) is 2.78. The van der Waals surface area contributed by atoms with Crippen molar-refractivity contribution in [2.45, 2.75) is 51.9 Å². The van der Waals surface area contributed by atoms with E-state index in [0.717, 1.165) is 0 Å². The molecule has 2 aromatic rings. The van der Waals surface area contributed by atoms with Gasteiger partial charge in [0.2, 0.25) is 0 Å². The molecule has 0 spiro atoms. The summed E-state index contributed by atoms with van der Waals surface area (Å²) in [5, 5.41) is 7.95. The van der Waals surface area contributed by atoms with Gasteiger partial charge in [0, 0.05) is 24.2 Å². The minimum Gasteiger partial charge on any atom is -0.305 e. The van der Waals surface area contributed by atoms with Crippen LogP contribution in [0.4, 0.5) is 0 Å². The highest BCUT2D eigenvalue weighted by Crippen LogP contribution is 2.41. The summed E-state index contributed by atoms with van der Waals surface area (Å²) in [5.41, 5.74) is 2.63. The van der Waals surface area contributed by atoms with Gasteiger partial charge in [-0.1, -0.05) is 86.7 Å². The van der Waals surface area contributed by atoms with Gasteiger partial charge < -0.3 is 10.6 Å². The first-order valence-electron chi connectivity index (χ1n) is 11.3. The minimum absolute atomic E-state index is 0.265. The second-order valence-electron chi connectivity index (χ2n) is 8.99. The van der Waals surface area contributed by atoms with Crippen LogP contribution in [0.15, 0.2) is 86.0 Å². The molecule has 1 aliphatic carbocycles. The van der Waals surface area contributed by atoms with E-state index in [2.05, 4.69) is 124 Å². The largest absolute Gasteiger partial charge is 0.305 e. The van der Waals surface area contributed by atoms with Gasteiger partial charge in [-0.25, -0.2) is 0 Å². The molecule has 1 aliphatic rings. The molecule has 0 heterocycles. The van der Waals surface area contributed by atoms with Gasteiger partial charge in [-0.15, -0.1) is 13.2 Å². The van der Waals surface area contributed by atoms with Crippen molar-refractivity contribution in [3.63, 3.8) is 0 Å². The maximum atomic E-state index is 4.23. The van der Waals surface area contributed by atoms with Gasteiger partial charge in [-0.05, 0) is 48.6 Å². The van der Waals surface area contributed by atoms with Gasteiger partial charge in [-0.3, -0.25) is 0 Å². The highest BCUT2D eigenvalue weighted by atomic mass is 15.1. The van der Waals surface area contributed by atoms with Crippen LogP contribution < -0.4 is 10.6 Å². The molecule has 30 heavy (non-hydrogen) atoms. The van der Waals surface area contributed by atoms with Crippen LogP contribution in [0, 0.1) is 23.7 Å². The van der Waals surface area contributed by atoms with Crippen molar-refractivity contribution in [1.82, 2.24) is 10.6 Å². The topological polar surface area (TPSA) is 24.1 Å². The van der Waals surface area contributed by atoms with Gasteiger partial charge in [0.1, 0.15) is 0 Å². The van der Waals surface area contributed by atoms with Crippen LogP contribution >= 0.6 is 0 Å². The van der Waals surface area contributed by atoms with E-state index in [0.29, 0.717) is 23.7 Å². The summed E-state index contributed by atoms with van der Waals surface area (Å²) in [7, 11) is 0. The maximum absolute atomic E-state index is 4.23. The van der Waals surface area contributed by atoms with Crippen molar-refractivity contribution in [3.8, 4) is 0 Å². The lowest BCUT2D eigenvalue weighted by Gasteiger charge is -2.51. The predicted molar refractivity (Wildman–Crippen MR) is 129 cm³/mol. The lowest BCUT2D eigenvalue weighted by Crippen LogP contribution is -2.62. The Kier molecular flexibility index (Phi) is 7.69. The van der Waals surface area contributed by atoms with Gasteiger partial charge in [0.05, 0.1) is 0 Å². The van der Waals surface area contributed by atoms with Crippen LogP contribution in [-0.2, 0) is 0 Å². The number of nitrogens with one attached hydrogen (secondary N) is 2. The Morgan fingerprint density at radius 2 is 1.00 bits per heavy atom. The third-order valence-corrected chi connectivity index (χ3v) is 7.29. The molecule has 0 aromatic heterocycles. The van der Waals surface area contributed by atoms with Crippen molar-refractivity contribution in [2.75, 3.05) is 0 Å². The van der Waals surface area contributed by atoms with Crippen molar-refractivity contribution in [2.24, 2.45) is 23.7 Å². The molecule has 8 atom stereocenters. The molecule has 1 saturated carbocycles. The van der Waals surface area contributed by atoms with Crippen molar-refractivity contribution >= 4 is 0 Å². The monoisotopic (exact) mass is 402 g/mol. The smallest absolute Gasteiger partial charge is 0.0298 e. The second kappa shape index (κ2) is 10.2. The van der Waals surface area contributed by atoms with E-state index < -0.39 is 0 Å². The number of benzene rings is 2. The summed E-state index contributed by atoms with van der Waals surface area (Å²) >= 11 is 0. The number of hydrogen-bond donors (Lipinski definition) is 2. The molecule has 3 rings (SSSR count). The molecule has 0 amide bonds. The summed E-state index contributed by atoms with van der Waals surface area (Å²) in [6.45, 7) is 17.7. The van der Waals surface area contributed by atoms with E-state index in [-0.39, 0.29) is 24.2 Å². The Morgan fingerprint density at radius 3 is 1.30 bits per heavy atom. The Bertz CT molecular complexity index is 730. The van der Waals surface area contributed by atoms with Crippen molar-refractivity contribution < 1.29 is 0 Å². The standard InChI is InChI=1S/C28H38N2/c1-7-25-19(3)20(4)26(8-2)28(30-22(6)24-17-13-10-14-18-24)27(25)29-21(5)23-15-11-9-12-16-23/h7-22,25-30H,1-2H2,3-6H3/t19-,20+,21-,22-,25+,26+,27+,28+/m0/s1. The molecule has 0 radical (unpaired) electrons. The zero-order chi connectivity index (χ0) is 21.7. The lowest BCUT2D eigenvalue weighted by molar-refractivity contribution is 0.0764. The van der Waals surface area contributed by atoms with Gasteiger partial charge in [0.25, 0.3) is 0 Å². The Hall–Kier alpha value is -2.16. The maximum Gasteiger partial charge on any atom is 0.0298 e. The first kappa shape index (κ1) is 22.5. The number of rotatable bonds is 8. The fourth-order valence-corrected chi connectivity index (χ4v) is 5.24. The fourth-order valence-electron chi connectivity index (χ4n) is 5.24. The fraction of sp³-hybridized carbons (Fsp3) is 0.429. The SMILES string of the molecule is C=C[C@@H]1[C@H](C)[C@H](C)[C@@H](C=C)[C@@H](N[C@@H](C)c2ccccc2)[C@@H]1N[C@@H](C)c1ccccc1. The molecule has 2 aromatic carbocycles. The van der Waals surface area contributed by atoms with Crippen LogP contribution in [-0.4, -0.2) is 12.1 Å². The lowest BCUT2D eigenvalue weighted by atomic mass is 9.62. The van der Waals surface area contributed by atoms with E-state index >= 15 is 0 Å². The first-order chi connectivity index (χ1) is 14.5.